The Morgan fingerprint density at radius 2 is 0.733 bits per heavy atom. The van der Waals surface area contributed by atoms with Crippen molar-refractivity contribution in [1.29, 1.82) is 0 Å². The molecule has 60 heavy (non-hydrogen) atoms. The molecule has 0 saturated heterocycles. The number of hydrogen-bond donors (Lipinski definition) is 0. The minimum Gasteiger partial charge on any atom is -1.00 e. The zero-order valence-electron chi connectivity index (χ0n) is 29.5. The summed E-state index contributed by atoms with van der Waals surface area (Å²) in [6.07, 6.45) is -35.5. The molecule has 0 fully saturated rings. The maximum atomic E-state index is 11.2. The van der Waals surface area contributed by atoms with Gasteiger partial charge in [-0.1, -0.05) is 64.6 Å². The Morgan fingerprint density at radius 1 is 0.500 bits per heavy atom. The first kappa shape index (κ1) is 110. The Kier molecular flexibility index (Phi) is 104. The van der Waals surface area contributed by atoms with Crippen LogP contribution in [0.2, 0.25) is 0 Å². The first-order chi connectivity index (χ1) is 22.0. The van der Waals surface area contributed by atoms with Gasteiger partial charge in [-0.25, -0.2) is 22.0 Å². The van der Waals surface area contributed by atoms with E-state index in [1.54, 1.807) is 0 Å². The molecule has 0 saturated carbocycles. The summed E-state index contributed by atoms with van der Waals surface area (Å²) in [4.78, 5) is -0.609. The third-order valence-corrected chi connectivity index (χ3v) is 3.20. The molecule has 0 spiro atoms. The van der Waals surface area contributed by atoms with Crippen molar-refractivity contribution in [2.24, 2.45) is 0 Å². The summed E-state index contributed by atoms with van der Waals surface area (Å²) in [6.45, 7) is 2.51. The Hall–Kier alpha value is 3.45. The van der Waals surface area contributed by atoms with Crippen molar-refractivity contribution in [1.82, 2.24) is 0 Å². The third-order valence-electron chi connectivity index (χ3n) is 2.14. The summed E-state index contributed by atoms with van der Waals surface area (Å²) >= 11 is 35.4. The van der Waals surface area contributed by atoms with Crippen molar-refractivity contribution in [2.45, 2.75) is 77.0 Å². The second kappa shape index (κ2) is 56.8. The van der Waals surface area contributed by atoms with Crippen LogP contribution in [0.4, 0.5) is 106 Å². The summed E-state index contributed by atoms with van der Waals surface area (Å²) in [6, 6.07) is 0. The van der Waals surface area contributed by atoms with Crippen LogP contribution in [0.15, 0.2) is 49.1 Å². The van der Waals surface area contributed by atoms with Crippen molar-refractivity contribution in [2.75, 3.05) is 0 Å². The van der Waals surface area contributed by atoms with Gasteiger partial charge in [0.05, 0.1) is 19.1 Å². The molecular weight excluding hydrogens is 1130 g/mol. The van der Waals surface area contributed by atoms with Gasteiger partial charge in [-0.2, -0.15) is 79.0 Å². The normalized spacial score (nSPS) is 11.3. The summed E-state index contributed by atoms with van der Waals surface area (Å²) < 4.78 is 247. The summed E-state index contributed by atoms with van der Waals surface area (Å²) in [5.41, 5.74) is -1.88. The number of allylic oxidation sites excluding steroid dienone is 4. The predicted octanol–water partition coefficient (Wildman–Crippen LogP) is -1.85. The van der Waals surface area contributed by atoms with Crippen molar-refractivity contribution in [3.05, 3.63) is 49.1 Å². The van der Waals surface area contributed by atoms with E-state index >= 15 is 0 Å². The van der Waals surface area contributed by atoms with Gasteiger partial charge < -0.3 is 28.1 Å². The van der Waals surface area contributed by atoms with E-state index in [1.165, 1.54) is 0 Å². The van der Waals surface area contributed by atoms with Gasteiger partial charge in [0.25, 0.3) is 0 Å². The Bertz CT molecular complexity index is 814. The van der Waals surface area contributed by atoms with Crippen LogP contribution in [-0.2, 0) is 0 Å². The van der Waals surface area contributed by atoms with E-state index in [4.69, 9.17) is 58.0 Å². The van der Waals surface area contributed by atoms with Crippen LogP contribution in [0.5, 0.6) is 0 Å². The molecule has 0 amide bonds. The Morgan fingerprint density at radius 3 is 0.733 bits per heavy atom. The van der Waals surface area contributed by atoms with Crippen LogP contribution in [0.3, 0.4) is 0 Å². The predicted molar refractivity (Wildman–Crippen MR) is 155 cm³/mol. The zero-order valence-corrected chi connectivity index (χ0v) is 43.5. The molecule has 2 N–H and O–H groups in total. The van der Waals surface area contributed by atoms with E-state index in [1.807, 2.05) is 0 Å². The second-order valence-electron chi connectivity index (χ2n) is 6.88. The van der Waals surface area contributed by atoms with Gasteiger partial charge in [-0.15, -0.1) is 23.2 Å². The summed E-state index contributed by atoms with van der Waals surface area (Å²) in [7, 11) is 0. The Balaban J connectivity index is -0.0000000263. The van der Waals surface area contributed by atoms with Gasteiger partial charge >= 0.3 is 155 Å². The van der Waals surface area contributed by atoms with Crippen molar-refractivity contribution in [3.8, 4) is 0 Å². The van der Waals surface area contributed by atoms with Crippen molar-refractivity contribution < 1.29 is 252 Å². The van der Waals surface area contributed by atoms with Crippen LogP contribution in [0, 0.1) is 0 Å². The summed E-state index contributed by atoms with van der Waals surface area (Å²) in [5, 5.41) is 0. The number of halogens is 33. The molecule has 0 aromatic heterocycles. The fourth-order valence-electron chi connectivity index (χ4n) is 0.739. The molecule has 1 unspecified atom stereocenters. The van der Waals surface area contributed by atoms with Gasteiger partial charge in [0.15, 0.2) is 9.42 Å². The molecule has 1 atom stereocenters. The van der Waals surface area contributed by atoms with Crippen LogP contribution >= 0.6 is 81.2 Å². The molecule has 0 bridgehead atoms. The number of alkyl halides is 27. The molecule has 0 radical (unpaired) electrons. The Labute approximate surface area is 453 Å². The first-order valence-corrected chi connectivity index (χ1v) is 13.7. The van der Waals surface area contributed by atoms with Crippen molar-refractivity contribution >= 4 is 81.2 Å². The molecule has 0 aromatic rings. The monoisotopic (exact) mass is 1150 g/mol. The maximum absolute atomic E-state index is 11.2. The smallest absolute Gasteiger partial charge is 1.00 e. The topological polar surface area (TPSA) is 60.0 Å². The van der Waals surface area contributed by atoms with Crippen LogP contribution < -0.4 is 135 Å². The van der Waals surface area contributed by atoms with Gasteiger partial charge in [0.2, 0.25) is 6.43 Å². The molecule has 2 nitrogen and oxygen atoms in total. The molecule has 0 aliphatic rings. The quantitative estimate of drug-likeness (QED) is 0.145. The number of rotatable bonds is 3. The van der Waals surface area contributed by atoms with Gasteiger partial charge in [-0.3, -0.25) is 4.70 Å². The minimum absolute atomic E-state index is 0. The van der Waals surface area contributed by atoms with Gasteiger partial charge in [-0.05, 0) is 0 Å². The van der Waals surface area contributed by atoms with E-state index in [0.29, 0.717) is 5.54 Å². The fraction of sp³-hybridized carbons (Fsp3) is 0.619. The largest absolute Gasteiger partial charge is 1.00 e. The minimum atomic E-state index is -4.73. The molecule has 39 heteroatoms. The fourth-order valence-corrected chi connectivity index (χ4v) is 2.46. The van der Waals surface area contributed by atoms with Crippen molar-refractivity contribution in [3.63, 3.8) is 0 Å². The van der Waals surface area contributed by atoms with Gasteiger partial charge in [0, 0.05) is 36.3 Å². The van der Waals surface area contributed by atoms with Crippen LogP contribution in [-0.4, -0.2) is 68.7 Å². The van der Waals surface area contributed by atoms with Crippen LogP contribution in [0.1, 0.15) is 19.3 Å². The van der Waals surface area contributed by atoms with Gasteiger partial charge in [0.1, 0.15) is 11.3 Å². The third kappa shape index (κ3) is 201. The average molecular weight is 1160 g/mol. The second-order valence-corrected chi connectivity index (χ2v) is 11.4. The molecule has 0 aliphatic heterocycles. The standard InChI is InChI=1S/C3H3Cl5.C3H3ClF4.C3H2ClF3.C3H3F5.2C3H2F4.C3H3F3.ClH.2FH.4Na.2H2O/c2*4-2(5)1-3(6,7)8;4-2-1-3(5,6)7;4-2(5)1-3(6,7)8;2*4-2-1-3(5,6)7;1-2-3(4,5)6;;;;;;;;;/h2*2H,1H2;1-2H;2H,1H2;2*1-2H;2H,1H2;3*1H;;;;;2*1H2/q;;;;;;;;;;4*+1;;/p-4/b;;2-1-;;;;;;;;;;;;;. The maximum Gasteiger partial charge on any atom is 1.00 e. The molecule has 0 rings (SSSR count). The molecule has 0 aliphatic carbocycles. The SMILES string of the molecule is C=CC(F)(F)F.ClC(Cl)CC(Cl)(Cl)Cl.F.FC(Cl)CC(F)(F)F.FC(F)(F)/C=C\Cl.FC(F)CC(F)(F)F.FC=CC(F)(F)F.FC=CC(F)(F)F.[Cl-].[F-].[Na+].[Na+].[Na+].[Na+].[OH-].[OH-]. The summed E-state index contributed by atoms with van der Waals surface area (Å²) in [5.74, 6) is 0. The van der Waals surface area contributed by atoms with E-state index in [-0.39, 0.29) is 170 Å². The molecule has 0 heterocycles. The number of hydrogen-bond acceptors (Lipinski definition) is 2. The van der Waals surface area contributed by atoms with E-state index in [2.05, 4.69) is 29.8 Å². The molecule has 0 aromatic carbocycles. The molecular formula is C21H21Cl8F25Na4O2. The average Bonchev–Trinajstić information content (AvgIpc) is 2.73. The van der Waals surface area contributed by atoms with E-state index in [9.17, 15) is 101 Å². The zero-order chi connectivity index (χ0) is 43.3. The van der Waals surface area contributed by atoms with Crippen LogP contribution in [0.25, 0.3) is 0 Å². The molecule has 352 valence electrons. The van der Waals surface area contributed by atoms with E-state index in [0.717, 1.165) is 0 Å². The first-order valence-electron chi connectivity index (χ1n) is 10.8. The van der Waals surface area contributed by atoms with E-state index < -0.39 is 95.4 Å².